The van der Waals surface area contributed by atoms with Crippen LogP contribution in [0.3, 0.4) is 0 Å². The van der Waals surface area contributed by atoms with E-state index in [2.05, 4.69) is 42.2 Å². The number of H-pyrrole nitrogens is 1. The van der Waals surface area contributed by atoms with Gasteiger partial charge in [-0.05, 0) is 61.6 Å². The summed E-state index contributed by atoms with van der Waals surface area (Å²) in [4.78, 5) is 3.61. The van der Waals surface area contributed by atoms with E-state index in [1.807, 2.05) is 12.1 Å². The number of aromatic nitrogens is 1. The first-order valence-electron chi connectivity index (χ1n) is 7.77. The Bertz CT molecular complexity index is 775. The summed E-state index contributed by atoms with van der Waals surface area (Å²) in [6.07, 6.45) is 3.15. The minimum absolute atomic E-state index is 0.739. The molecule has 0 saturated carbocycles. The second-order valence-electron chi connectivity index (χ2n) is 5.74. The fourth-order valence-electron chi connectivity index (χ4n) is 3.04. The minimum atomic E-state index is 0.739. The van der Waals surface area contributed by atoms with E-state index >= 15 is 0 Å². The molecule has 1 heterocycles. The number of halogens is 1. The molecule has 3 aromatic rings. The van der Waals surface area contributed by atoms with Crippen molar-refractivity contribution in [3.8, 4) is 11.3 Å². The first-order valence-corrected chi connectivity index (χ1v) is 8.14. The lowest BCUT2D eigenvalue weighted by atomic mass is 9.99. The van der Waals surface area contributed by atoms with Crippen LogP contribution in [0.5, 0.6) is 0 Å². The third-order valence-electron chi connectivity index (χ3n) is 4.12. The SMILES string of the molecule is Cc1cc(Cl)cc2c(CCCCN)c(-c3ccccc3)[nH]c12. The normalized spacial score (nSPS) is 11.2. The molecule has 2 aromatic carbocycles. The molecule has 0 amide bonds. The smallest absolute Gasteiger partial charge is 0.0497 e. The molecule has 3 heteroatoms. The molecule has 114 valence electrons. The van der Waals surface area contributed by atoms with Gasteiger partial charge in [-0.25, -0.2) is 0 Å². The lowest BCUT2D eigenvalue weighted by Crippen LogP contribution is -1.99. The van der Waals surface area contributed by atoms with Crippen molar-refractivity contribution in [2.24, 2.45) is 5.73 Å². The van der Waals surface area contributed by atoms with Gasteiger partial charge in [-0.2, -0.15) is 0 Å². The van der Waals surface area contributed by atoms with Crippen LogP contribution in [-0.2, 0) is 6.42 Å². The molecule has 22 heavy (non-hydrogen) atoms. The molecule has 3 N–H and O–H groups in total. The maximum atomic E-state index is 6.28. The number of rotatable bonds is 5. The highest BCUT2D eigenvalue weighted by Crippen LogP contribution is 2.34. The maximum absolute atomic E-state index is 6.28. The Morgan fingerprint density at radius 1 is 1.09 bits per heavy atom. The predicted molar refractivity (Wildman–Crippen MR) is 95.5 cm³/mol. The Morgan fingerprint density at radius 2 is 1.86 bits per heavy atom. The number of unbranched alkanes of at least 4 members (excludes halogenated alkanes) is 1. The number of nitrogens with two attached hydrogens (primary N) is 1. The second kappa shape index (κ2) is 6.55. The third-order valence-corrected chi connectivity index (χ3v) is 4.34. The topological polar surface area (TPSA) is 41.8 Å². The van der Waals surface area contributed by atoms with Crippen molar-refractivity contribution < 1.29 is 0 Å². The van der Waals surface area contributed by atoms with Crippen molar-refractivity contribution >= 4 is 22.5 Å². The Hall–Kier alpha value is -1.77. The number of aromatic amines is 1. The quantitative estimate of drug-likeness (QED) is 0.634. The molecular weight excluding hydrogens is 292 g/mol. The summed E-state index contributed by atoms with van der Waals surface area (Å²) in [5, 5.41) is 2.03. The van der Waals surface area contributed by atoms with E-state index in [-0.39, 0.29) is 0 Å². The van der Waals surface area contributed by atoms with Crippen molar-refractivity contribution in [1.82, 2.24) is 4.98 Å². The first-order chi connectivity index (χ1) is 10.7. The highest BCUT2D eigenvalue weighted by atomic mass is 35.5. The van der Waals surface area contributed by atoms with Gasteiger partial charge < -0.3 is 10.7 Å². The zero-order chi connectivity index (χ0) is 15.5. The summed E-state index contributed by atoms with van der Waals surface area (Å²) in [5.74, 6) is 0. The highest BCUT2D eigenvalue weighted by molar-refractivity contribution is 6.31. The monoisotopic (exact) mass is 312 g/mol. The molecule has 3 rings (SSSR count). The van der Waals surface area contributed by atoms with Gasteiger partial charge in [0.2, 0.25) is 0 Å². The summed E-state index contributed by atoms with van der Waals surface area (Å²) in [7, 11) is 0. The van der Waals surface area contributed by atoms with Crippen molar-refractivity contribution in [1.29, 1.82) is 0 Å². The largest absolute Gasteiger partial charge is 0.354 e. The summed E-state index contributed by atoms with van der Waals surface area (Å²) in [6.45, 7) is 2.84. The molecule has 1 aromatic heterocycles. The van der Waals surface area contributed by atoms with Gasteiger partial charge in [0.05, 0.1) is 0 Å². The Morgan fingerprint density at radius 3 is 2.59 bits per heavy atom. The number of benzene rings is 2. The van der Waals surface area contributed by atoms with Gasteiger partial charge in [0.15, 0.2) is 0 Å². The van der Waals surface area contributed by atoms with Gasteiger partial charge in [0.1, 0.15) is 0 Å². The number of nitrogens with one attached hydrogen (secondary N) is 1. The lowest BCUT2D eigenvalue weighted by molar-refractivity contribution is 0.748. The van der Waals surface area contributed by atoms with E-state index in [0.717, 1.165) is 30.8 Å². The first kappa shape index (κ1) is 15.1. The van der Waals surface area contributed by atoms with Gasteiger partial charge in [0.25, 0.3) is 0 Å². The van der Waals surface area contributed by atoms with Crippen LogP contribution >= 0.6 is 11.6 Å². The zero-order valence-electron chi connectivity index (χ0n) is 12.8. The van der Waals surface area contributed by atoms with Crippen LogP contribution in [0.1, 0.15) is 24.0 Å². The molecule has 0 unspecified atom stereocenters. The summed E-state index contributed by atoms with van der Waals surface area (Å²) < 4.78 is 0. The van der Waals surface area contributed by atoms with Crippen LogP contribution in [0, 0.1) is 6.92 Å². The van der Waals surface area contributed by atoms with Crippen molar-refractivity contribution in [2.75, 3.05) is 6.54 Å². The Balaban J connectivity index is 2.17. The van der Waals surface area contributed by atoms with E-state index in [0.29, 0.717) is 0 Å². The van der Waals surface area contributed by atoms with Gasteiger partial charge in [0, 0.05) is 21.6 Å². The van der Waals surface area contributed by atoms with E-state index in [1.165, 1.54) is 33.3 Å². The summed E-state index contributed by atoms with van der Waals surface area (Å²) in [5.41, 5.74) is 11.8. The number of aryl methyl sites for hydroxylation is 2. The molecular formula is C19H21ClN2. The molecule has 0 aliphatic carbocycles. The number of hydrogen-bond donors (Lipinski definition) is 2. The standard InChI is InChI=1S/C19H21ClN2/c1-13-11-15(20)12-17-16(9-5-6-10-21)19(22-18(13)17)14-7-3-2-4-8-14/h2-4,7-8,11-12,22H,5-6,9-10,21H2,1H3. The highest BCUT2D eigenvalue weighted by Gasteiger charge is 2.14. The molecule has 0 bridgehead atoms. The summed E-state index contributed by atoms with van der Waals surface area (Å²) >= 11 is 6.28. The van der Waals surface area contributed by atoms with Crippen molar-refractivity contribution in [3.63, 3.8) is 0 Å². The molecule has 0 fully saturated rings. The molecule has 0 spiro atoms. The minimum Gasteiger partial charge on any atom is -0.354 e. The fraction of sp³-hybridized carbons (Fsp3) is 0.263. The van der Waals surface area contributed by atoms with Gasteiger partial charge in [-0.15, -0.1) is 0 Å². The van der Waals surface area contributed by atoms with Gasteiger partial charge >= 0.3 is 0 Å². The van der Waals surface area contributed by atoms with Gasteiger partial charge in [-0.1, -0.05) is 41.9 Å². The molecule has 0 aliphatic rings. The van der Waals surface area contributed by atoms with Crippen molar-refractivity contribution in [3.05, 3.63) is 58.6 Å². The molecule has 0 aliphatic heterocycles. The number of hydrogen-bond acceptors (Lipinski definition) is 1. The maximum Gasteiger partial charge on any atom is 0.0497 e. The van der Waals surface area contributed by atoms with Crippen LogP contribution in [-0.4, -0.2) is 11.5 Å². The van der Waals surface area contributed by atoms with E-state index in [1.54, 1.807) is 0 Å². The predicted octanol–water partition coefficient (Wildman–Crippen LogP) is 5.08. The van der Waals surface area contributed by atoms with Crippen molar-refractivity contribution in [2.45, 2.75) is 26.2 Å². The average molecular weight is 313 g/mol. The lowest BCUT2D eigenvalue weighted by Gasteiger charge is -2.05. The van der Waals surface area contributed by atoms with E-state index < -0.39 is 0 Å². The third kappa shape index (κ3) is 2.90. The van der Waals surface area contributed by atoms with Crippen LogP contribution in [0.4, 0.5) is 0 Å². The Kier molecular flexibility index (Phi) is 4.51. The van der Waals surface area contributed by atoms with E-state index in [9.17, 15) is 0 Å². The Labute approximate surface area is 136 Å². The zero-order valence-corrected chi connectivity index (χ0v) is 13.6. The molecule has 0 atom stereocenters. The molecule has 0 radical (unpaired) electrons. The van der Waals surface area contributed by atoms with Crippen LogP contribution < -0.4 is 5.73 Å². The second-order valence-corrected chi connectivity index (χ2v) is 6.17. The number of fused-ring (bicyclic) bond motifs is 1. The van der Waals surface area contributed by atoms with Gasteiger partial charge in [-0.3, -0.25) is 0 Å². The fourth-order valence-corrected chi connectivity index (χ4v) is 3.31. The van der Waals surface area contributed by atoms with Crippen LogP contribution in [0.25, 0.3) is 22.2 Å². The van der Waals surface area contributed by atoms with E-state index in [4.69, 9.17) is 17.3 Å². The molecule has 2 nitrogen and oxygen atoms in total. The van der Waals surface area contributed by atoms with Crippen LogP contribution in [0.2, 0.25) is 5.02 Å². The summed E-state index contributed by atoms with van der Waals surface area (Å²) in [6, 6.07) is 14.6. The molecule has 0 saturated heterocycles. The van der Waals surface area contributed by atoms with Crippen LogP contribution in [0.15, 0.2) is 42.5 Å². The average Bonchev–Trinajstić information content (AvgIpc) is 2.88.